The van der Waals surface area contributed by atoms with Gasteiger partial charge in [-0.3, -0.25) is 4.79 Å². The second kappa shape index (κ2) is 8.85. The molecule has 6 nitrogen and oxygen atoms in total. The van der Waals surface area contributed by atoms with E-state index in [2.05, 4.69) is 38.3 Å². The molecule has 1 aromatic carbocycles. The van der Waals surface area contributed by atoms with E-state index in [0.717, 1.165) is 55.5 Å². The molecular formula is C19H24ClN5O. The van der Waals surface area contributed by atoms with Crippen LogP contribution in [0.1, 0.15) is 30.3 Å². The molecule has 1 aliphatic rings. The molecule has 1 N–H and O–H groups in total. The maximum atomic E-state index is 12.0. The molecular weight excluding hydrogens is 350 g/mol. The third kappa shape index (κ3) is 4.64. The van der Waals surface area contributed by atoms with Crippen molar-refractivity contribution in [3.63, 3.8) is 0 Å². The van der Waals surface area contributed by atoms with Gasteiger partial charge in [-0.15, -0.1) is 10.2 Å². The Morgan fingerprint density at radius 3 is 2.54 bits per heavy atom. The van der Waals surface area contributed by atoms with Crippen LogP contribution < -0.4 is 15.1 Å². The average Bonchev–Trinajstić information content (AvgIpc) is 2.68. The first-order valence-corrected chi connectivity index (χ1v) is 9.42. The van der Waals surface area contributed by atoms with Crippen LogP contribution in [0.2, 0.25) is 5.02 Å². The van der Waals surface area contributed by atoms with Gasteiger partial charge in [0.1, 0.15) is 0 Å². The number of piperazine rings is 1. The van der Waals surface area contributed by atoms with Gasteiger partial charge in [-0.25, -0.2) is 0 Å². The SMILES string of the molecule is CCCCNC(=O)c1ccc(N2CCN(c3cccc(Cl)c3)CC2)nn1. The lowest BCUT2D eigenvalue weighted by atomic mass is 10.2. The number of aromatic nitrogens is 2. The number of anilines is 2. The van der Waals surface area contributed by atoms with Crippen LogP contribution in [-0.4, -0.2) is 48.8 Å². The second-order valence-corrected chi connectivity index (χ2v) is 6.78. The van der Waals surface area contributed by atoms with Gasteiger partial charge in [-0.1, -0.05) is 31.0 Å². The molecule has 1 aliphatic heterocycles. The van der Waals surface area contributed by atoms with Crippen LogP contribution in [0.15, 0.2) is 36.4 Å². The summed E-state index contributed by atoms with van der Waals surface area (Å²) in [6.07, 6.45) is 2.01. The molecule has 7 heteroatoms. The fraction of sp³-hybridized carbons (Fsp3) is 0.421. The fourth-order valence-corrected chi connectivity index (χ4v) is 3.14. The molecule has 0 unspecified atom stereocenters. The Hall–Kier alpha value is -2.34. The number of hydrogen-bond acceptors (Lipinski definition) is 5. The van der Waals surface area contributed by atoms with Crippen molar-refractivity contribution in [2.45, 2.75) is 19.8 Å². The van der Waals surface area contributed by atoms with Crippen molar-refractivity contribution in [2.75, 3.05) is 42.5 Å². The zero-order valence-electron chi connectivity index (χ0n) is 15.0. The van der Waals surface area contributed by atoms with Gasteiger partial charge in [-0.2, -0.15) is 0 Å². The van der Waals surface area contributed by atoms with Crippen LogP contribution in [0.5, 0.6) is 0 Å². The van der Waals surface area contributed by atoms with Crippen LogP contribution in [0.3, 0.4) is 0 Å². The largest absolute Gasteiger partial charge is 0.368 e. The van der Waals surface area contributed by atoms with Gasteiger partial charge in [0.25, 0.3) is 5.91 Å². The summed E-state index contributed by atoms with van der Waals surface area (Å²) in [4.78, 5) is 16.5. The van der Waals surface area contributed by atoms with Crippen LogP contribution >= 0.6 is 11.6 Å². The molecule has 2 heterocycles. The number of benzene rings is 1. The van der Waals surface area contributed by atoms with E-state index in [0.29, 0.717) is 12.2 Å². The van der Waals surface area contributed by atoms with Gasteiger partial charge in [0.15, 0.2) is 11.5 Å². The minimum absolute atomic E-state index is 0.164. The molecule has 26 heavy (non-hydrogen) atoms. The molecule has 0 saturated carbocycles. The molecule has 1 aromatic heterocycles. The second-order valence-electron chi connectivity index (χ2n) is 6.34. The van der Waals surface area contributed by atoms with Crippen molar-refractivity contribution >= 4 is 29.0 Å². The third-order valence-corrected chi connectivity index (χ3v) is 4.71. The van der Waals surface area contributed by atoms with Crippen molar-refractivity contribution in [1.82, 2.24) is 15.5 Å². The highest BCUT2D eigenvalue weighted by Gasteiger charge is 2.19. The predicted molar refractivity (Wildman–Crippen MR) is 105 cm³/mol. The average molecular weight is 374 g/mol. The first-order chi connectivity index (χ1) is 12.7. The number of unbranched alkanes of at least 4 members (excludes halogenated alkanes) is 1. The maximum Gasteiger partial charge on any atom is 0.271 e. The summed E-state index contributed by atoms with van der Waals surface area (Å²) >= 11 is 6.08. The molecule has 1 fully saturated rings. The Labute approximate surface area is 159 Å². The van der Waals surface area contributed by atoms with Crippen molar-refractivity contribution < 1.29 is 4.79 Å². The number of nitrogens with one attached hydrogen (secondary N) is 1. The predicted octanol–water partition coefficient (Wildman–Crippen LogP) is 2.99. The normalized spacial score (nSPS) is 14.4. The van der Waals surface area contributed by atoms with Gasteiger partial charge >= 0.3 is 0 Å². The van der Waals surface area contributed by atoms with Crippen LogP contribution in [0.4, 0.5) is 11.5 Å². The summed E-state index contributed by atoms with van der Waals surface area (Å²) < 4.78 is 0. The van der Waals surface area contributed by atoms with Crippen LogP contribution in [0.25, 0.3) is 0 Å². The van der Waals surface area contributed by atoms with Gasteiger partial charge in [0.05, 0.1) is 0 Å². The van der Waals surface area contributed by atoms with Crippen molar-refractivity contribution in [3.8, 4) is 0 Å². The molecule has 2 aromatic rings. The highest BCUT2D eigenvalue weighted by atomic mass is 35.5. The molecule has 0 bridgehead atoms. The van der Waals surface area contributed by atoms with Crippen LogP contribution in [-0.2, 0) is 0 Å². The lowest BCUT2D eigenvalue weighted by Crippen LogP contribution is -2.47. The third-order valence-electron chi connectivity index (χ3n) is 4.48. The Balaban J connectivity index is 1.55. The summed E-state index contributed by atoms with van der Waals surface area (Å²) in [6, 6.07) is 11.5. The number of carbonyl (C=O) groups excluding carboxylic acids is 1. The molecule has 1 amide bonds. The standard InChI is InChI=1S/C19H24ClN5O/c1-2-3-9-21-19(26)17-7-8-18(23-22-17)25-12-10-24(11-13-25)16-6-4-5-15(20)14-16/h4-8,14H,2-3,9-13H2,1H3,(H,21,26). The quantitative estimate of drug-likeness (QED) is 0.789. The molecule has 0 spiro atoms. The lowest BCUT2D eigenvalue weighted by Gasteiger charge is -2.36. The number of nitrogens with zero attached hydrogens (tertiary/aromatic N) is 4. The zero-order chi connectivity index (χ0) is 18.4. The van der Waals surface area contributed by atoms with Gasteiger partial charge in [0, 0.05) is 43.4 Å². The number of carbonyl (C=O) groups is 1. The van der Waals surface area contributed by atoms with E-state index in [9.17, 15) is 4.79 Å². The van der Waals surface area contributed by atoms with E-state index >= 15 is 0 Å². The maximum absolute atomic E-state index is 12.0. The first kappa shape index (κ1) is 18.5. The van der Waals surface area contributed by atoms with Crippen LogP contribution in [0, 0.1) is 0 Å². The smallest absolute Gasteiger partial charge is 0.271 e. The topological polar surface area (TPSA) is 61.4 Å². The summed E-state index contributed by atoms with van der Waals surface area (Å²) in [5, 5.41) is 11.9. The molecule has 0 atom stereocenters. The minimum Gasteiger partial charge on any atom is -0.368 e. The lowest BCUT2D eigenvalue weighted by molar-refractivity contribution is 0.0947. The van der Waals surface area contributed by atoms with E-state index in [1.807, 2.05) is 24.3 Å². The molecule has 0 radical (unpaired) electrons. The minimum atomic E-state index is -0.164. The zero-order valence-corrected chi connectivity index (χ0v) is 15.7. The molecule has 0 aliphatic carbocycles. The highest BCUT2D eigenvalue weighted by Crippen LogP contribution is 2.22. The Kier molecular flexibility index (Phi) is 6.28. The van der Waals surface area contributed by atoms with Crippen molar-refractivity contribution in [1.29, 1.82) is 0 Å². The summed E-state index contributed by atoms with van der Waals surface area (Å²) in [7, 11) is 0. The molecule has 1 saturated heterocycles. The summed E-state index contributed by atoms with van der Waals surface area (Å²) in [5.74, 6) is 0.643. The monoisotopic (exact) mass is 373 g/mol. The number of rotatable bonds is 6. The van der Waals surface area contributed by atoms with Crippen molar-refractivity contribution in [2.24, 2.45) is 0 Å². The van der Waals surface area contributed by atoms with Gasteiger partial charge < -0.3 is 15.1 Å². The summed E-state index contributed by atoms with van der Waals surface area (Å²) in [6.45, 7) is 6.24. The Morgan fingerprint density at radius 1 is 1.12 bits per heavy atom. The van der Waals surface area contributed by atoms with E-state index < -0.39 is 0 Å². The van der Waals surface area contributed by atoms with E-state index in [-0.39, 0.29) is 5.91 Å². The fourth-order valence-electron chi connectivity index (χ4n) is 2.95. The molecule has 138 valence electrons. The van der Waals surface area contributed by atoms with Gasteiger partial charge in [-0.05, 0) is 36.8 Å². The highest BCUT2D eigenvalue weighted by molar-refractivity contribution is 6.30. The number of hydrogen-bond donors (Lipinski definition) is 1. The number of halogens is 1. The van der Waals surface area contributed by atoms with E-state index in [4.69, 9.17) is 11.6 Å². The van der Waals surface area contributed by atoms with Crippen molar-refractivity contribution in [3.05, 3.63) is 47.1 Å². The molecule has 3 rings (SSSR count). The Morgan fingerprint density at radius 2 is 1.88 bits per heavy atom. The number of amides is 1. The van der Waals surface area contributed by atoms with Gasteiger partial charge in [0.2, 0.25) is 0 Å². The summed E-state index contributed by atoms with van der Waals surface area (Å²) in [5.41, 5.74) is 1.50. The Bertz CT molecular complexity index is 729. The first-order valence-electron chi connectivity index (χ1n) is 9.05. The van der Waals surface area contributed by atoms with E-state index in [1.165, 1.54) is 0 Å². The van der Waals surface area contributed by atoms with E-state index in [1.54, 1.807) is 6.07 Å².